The first-order valence-corrected chi connectivity index (χ1v) is 6.29. The van der Waals surface area contributed by atoms with Crippen molar-refractivity contribution in [2.24, 2.45) is 0 Å². The number of hydrogen-bond donors (Lipinski definition) is 1. The molecule has 0 saturated carbocycles. The molecule has 0 fully saturated rings. The molecule has 4 heteroatoms. The van der Waals surface area contributed by atoms with Gasteiger partial charge in [-0.25, -0.2) is 8.78 Å². The van der Waals surface area contributed by atoms with Gasteiger partial charge >= 0.3 is 0 Å². The van der Waals surface area contributed by atoms with Crippen LogP contribution in [0.1, 0.15) is 24.2 Å². The lowest BCUT2D eigenvalue weighted by Crippen LogP contribution is -2.24. The van der Waals surface area contributed by atoms with Crippen molar-refractivity contribution in [3.05, 3.63) is 65.5 Å². The van der Waals surface area contributed by atoms with Gasteiger partial charge in [0.15, 0.2) is 11.6 Å². The number of pyridine rings is 1. The monoisotopic (exact) mass is 262 g/mol. The first-order valence-electron chi connectivity index (χ1n) is 6.29. The first-order chi connectivity index (χ1) is 9.22. The van der Waals surface area contributed by atoms with E-state index in [2.05, 4.69) is 10.3 Å². The van der Waals surface area contributed by atoms with E-state index in [-0.39, 0.29) is 6.04 Å². The van der Waals surface area contributed by atoms with Gasteiger partial charge in [-0.05, 0) is 36.7 Å². The summed E-state index contributed by atoms with van der Waals surface area (Å²) in [5, 5.41) is 3.24. The van der Waals surface area contributed by atoms with Crippen LogP contribution in [0.4, 0.5) is 8.78 Å². The van der Waals surface area contributed by atoms with Crippen molar-refractivity contribution in [3.8, 4) is 0 Å². The summed E-state index contributed by atoms with van der Waals surface area (Å²) in [7, 11) is 0. The summed E-state index contributed by atoms with van der Waals surface area (Å²) in [5.74, 6) is -1.59. The van der Waals surface area contributed by atoms with Crippen LogP contribution in [-0.4, -0.2) is 11.5 Å². The van der Waals surface area contributed by atoms with Crippen LogP contribution in [0.25, 0.3) is 0 Å². The topological polar surface area (TPSA) is 24.9 Å². The van der Waals surface area contributed by atoms with Crippen LogP contribution in [0.15, 0.2) is 42.6 Å². The van der Waals surface area contributed by atoms with Gasteiger partial charge in [0, 0.05) is 6.20 Å². The van der Waals surface area contributed by atoms with Crippen molar-refractivity contribution in [1.82, 2.24) is 10.3 Å². The zero-order valence-corrected chi connectivity index (χ0v) is 10.7. The SMILES string of the molecule is CCNC(Cc1cccc(F)c1F)c1ccccn1. The summed E-state index contributed by atoms with van der Waals surface area (Å²) < 4.78 is 26.9. The molecule has 1 atom stereocenters. The van der Waals surface area contributed by atoms with E-state index >= 15 is 0 Å². The summed E-state index contributed by atoms with van der Waals surface area (Å²) in [6, 6.07) is 9.72. The fourth-order valence-electron chi connectivity index (χ4n) is 2.04. The molecule has 0 aliphatic carbocycles. The smallest absolute Gasteiger partial charge is 0.162 e. The Bertz CT molecular complexity index is 529. The molecule has 1 aromatic carbocycles. The molecule has 1 unspecified atom stereocenters. The predicted octanol–water partition coefficient (Wildman–Crippen LogP) is 3.25. The van der Waals surface area contributed by atoms with E-state index < -0.39 is 11.6 Å². The third-order valence-corrected chi connectivity index (χ3v) is 2.95. The maximum atomic E-state index is 13.7. The molecular formula is C15H16F2N2. The molecule has 2 nitrogen and oxygen atoms in total. The Morgan fingerprint density at radius 1 is 1.16 bits per heavy atom. The molecule has 1 aromatic heterocycles. The Kier molecular flexibility index (Phi) is 4.58. The second-order valence-electron chi connectivity index (χ2n) is 4.28. The molecule has 0 spiro atoms. The van der Waals surface area contributed by atoms with Crippen LogP contribution >= 0.6 is 0 Å². The molecule has 2 rings (SSSR count). The lowest BCUT2D eigenvalue weighted by molar-refractivity contribution is 0.478. The Hall–Kier alpha value is -1.81. The third kappa shape index (κ3) is 3.35. The zero-order valence-electron chi connectivity index (χ0n) is 10.7. The van der Waals surface area contributed by atoms with E-state index in [1.165, 1.54) is 6.07 Å². The standard InChI is InChI=1S/C15H16F2N2/c1-2-18-14(13-8-3-4-9-19-13)10-11-6-5-7-12(16)15(11)17/h3-9,14,18H,2,10H2,1H3. The number of hydrogen-bond acceptors (Lipinski definition) is 2. The van der Waals surface area contributed by atoms with Gasteiger partial charge in [-0.15, -0.1) is 0 Å². The maximum Gasteiger partial charge on any atom is 0.162 e. The molecule has 2 aromatic rings. The van der Waals surface area contributed by atoms with Crippen LogP contribution in [0.5, 0.6) is 0 Å². The average Bonchev–Trinajstić information content (AvgIpc) is 2.44. The van der Waals surface area contributed by atoms with Gasteiger partial charge in [-0.3, -0.25) is 4.98 Å². The number of rotatable bonds is 5. The van der Waals surface area contributed by atoms with Crippen molar-refractivity contribution < 1.29 is 8.78 Å². The second-order valence-corrected chi connectivity index (χ2v) is 4.28. The minimum Gasteiger partial charge on any atom is -0.309 e. The van der Waals surface area contributed by atoms with Crippen LogP contribution in [-0.2, 0) is 6.42 Å². The third-order valence-electron chi connectivity index (χ3n) is 2.95. The molecule has 0 amide bonds. The summed E-state index contributed by atoms with van der Waals surface area (Å²) in [5.41, 5.74) is 1.18. The molecule has 0 bridgehead atoms. The fourth-order valence-corrected chi connectivity index (χ4v) is 2.04. The van der Waals surface area contributed by atoms with Crippen LogP contribution in [0.3, 0.4) is 0 Å². The Morgan fingerprint density at radius 3 is 2.68 bits per heavy atom. The minimum atomic E-state index is -0.811. The van der Waals surface area contributed by atoms with E-state index in [9.17, 15) is 8.78 Å². The second kappa shape index (κ2) is 6.38. The zero-order chi connectivity index (χ0) is 13.7. The van der Waals surface area contributed by atoms with Crippen molar-refractivity contribution in [3.63, 3.8) is 0 Å². The van der Waals surface area contributed by atoms with Crippen LogP contribution < -0.4 is 5.32 Å². The number of aromatic nitrogens is 1. The normalized spacial score (nSPS) is 12.4. The maximum absolute atomic E-state index is 13.7. The molecule has 0 aliphatic rings. The molecule has 0 saturated heterocycles. The highest BCUT2D eigenvalue weighted by atomic mass is 19.2. The average molecular weight is 262 g/mol. The van der Waals surface area contributed by atoms with Crippen LogP contribution in [0, 0.1) is 11.6 Å². The van der Waals surface area contributed by atoms with Crippen molar-refractivity contribution in [2.45, 2.75) is 19.4 Å². The van der Waals surface area contributed by atoms with Gasteiger partial charge in [0.25, 0.3) is 0 Å². The van der Waals surface area contributed by atoms with Crippen molar-refractivity contribution in [2.75, 3.05) is 6.54 Å². The minimum absolute atomic E-state index is 0.123. The van der Waals surface area contributed by atoms with E-state index in [4.69, 9.17) is 0 Å². The summed E-state index contributed by atoms with van der Waals surface area (Å²) in [6.07, 6.45) is 2.07. The highest BCUT2D eigenvalue weighted by Gasteiger charge is 2.16. The Morgan fingerprint density at radius 2 is 2.00 bits per heavy atom. The molecule has 19 heavy (non-hydrogen) atoms. The Labute approximate surface area is 111 Å². The van der Waals surface area contributed by atoms with Crippen molar-refractivity contribution >= 4 is 0 Å². The largest absolute Gasteiger partial charge is 0.309 e. The molecular weight excluding hydrogens is 246 g/mol. The van der Waals surface area contributed by atoms with Gasteiger partial charge in [0.1, 0.15) is 0 Å². The van der Waals surface area contributed by atoms with Crippen LogP contribution in [0.2, 0.25) is 0 Å². The lowest BCUT2D eigenvalue weighted by Gasteiger charge is -2.17. The fraction of sp³-hybridized carbons (Fsp3) is 0.267. The predicted molar refractivity (Wildman–Crippen MR) is 70.7 cm³/mol. The Balaban J connectivity index is 2.24. The molecule has 1 N–H and O–H groups in total. The van der Waals surface area contributed by atoms with Gasteiger partial charge in [-0.1, -0.05) is 25.1 Å². The van der Waals surface area contributed by atoms with Crippen molar-refractivity contribution in [1.29, 1.82) is 0 Å². The van der Waals surface area contributed by atoms with Gasteiger partial charge in [0.2, 0.25) is 0 Å². The van der Waals surface area contributed by atoms with E-state index in [1.807, 2.05) is 25.1 Å². The number of halogens is 2. The first kappa shape index (κ1) is 13.6. The quantitative estimate of drug-likeness (QED) is 0.894. The number of benzene rings is 1. The molecule has 0 radical (unpaired) electrons. The molecule has 100 valence electrons. The lowest BCUT2D eigenvalue weighted by atomic mass is 10.0. The summed E-state index contributed by atoms with van der Waals surface area (Å²) >= 11 is 0. The van der Waals surface area contributed by atoms with Gasteiger partial charge in [0.05, 0.1) is 11.7 Å². The summed E-state index contributed by atoms with van der Waals surface area (Å²) in [4.78, 5) is 4.27. The van der Waals surface area contributed by atoms with E-state index in [0.717, 1.165) is 18.3 Å². The van der Waals surface area contributed by atoms with E-state index in [0.29, 0.717) is 12.0 Å². The van der Waals surface area contributed by atoms with E-state index in [1.54, 1.807) is 12.3 Å². The van der Waals surface area contributed by atoms with Gasteiger partial charge < -0.3 is 5.32 Å². The number of nitrogens with one attached hydrogen (secondary N) is 1. The highest BCUT2D eigenvalue weighted by molar-refractivity contribution is 5.22. The highest BCUT2D eigenvalue weighted by Crippen LogP contribution is 2.20. The number of likely N-dealkylation sites (N-methyl/N-ethyl adjacent to an activating group) is 1. The summed E-state index contributed by atoms with van der Waals surface area (Å²) in [6.45, 7) is 2.70. The molecule has 1 heterocycles. The number of nitrogens with zero attached hydrogens (tertiary/aromatic N) is 1. The molecule has 0 aliphatic heterocycles. The van der Waals surface area contributed by atoms with Gasteiger partial charge in [-0.2, -0.15) is 0 Å².